The molecule has 0 bridgehead atoms. The van der Waals surface area contributed by atoms with E-state index in [1.165, 1.54) is 0 Å². The van der Waals surface area contributed by atoms with Gasteiger partial charge in [0.05, 0.1) is 13.0 Å². The molecule has 1 aromatic carbocycles. The van der Waals surface area contributed by atoms with Gasteiger partial charge in [-0.05, 0) is 12.1 Å². The highest BCUT2D eigenvalue weighted by Gasteiger charge is 2.00. The molecule has 15 heavy (non-hydrogen) atoms. The summed E-state index contributed by atoms with van der Waals surface area (Å²) >= 11 is 0. The number of rotatable bonds is 3. The van der Waals surface area contributed by atoms with E-state index < -0.39 is 5.97 Å². The minimum atomic E-state index is -0.894. The Kier molecular flexibility index (Phi) is 2.53. The summed E-state index contributed by atoms with van der Waals surface area (Å²) in [7, 11) is 0. The van der Waals surface area contributed by atoms with Crippen molar-refractivity contribution in [1.29, 1.82) is 0 Å². The fourth-order valence-electron chi connectivity index (χ4n) is 1.14. The average Bonchev–Trinajstić information content (AvgIpc) is 2.59. The van der Waals surface area contributed by atoms with Gasteiger partial charge in [-0.15, -0.1) is 0 Å². The van der Waals surface area contributed by atoms with Crippen molar-refractivity contribution >= 4 is 17.1 Å². The van der Waals surface area contributed by atoms with Gasteiger partial charge in [0.25, 0.3) is 0 Å². The summed E-state index contributed by atoms with van der Waals surface area (Å²) in [6.45, 7) is 0.151. The topological polar surface area (TPSA) is 75.9 Å². The first-order valence-corrected chi connectivity index (χ1v) is 4.46. The van der Waals surface area contributed by atoms with E-state index in [1.54, 1.807) is 12.1 Å². The van der Waals surface area contributed by atoms with Crippen LogP contribution >= 0.6 is 0 Å². The van der Waals surface area contributed by atoms with Crippen LogP contribution in [-0.2, 0) is 4.79 Å². The van der Waals surface area contributed by atoms with Gasteiger partial charge in [0.1, 0.15) is 0 Å². The Bertz CT molecular complexity index is 501. The highest BCUT2D eigenvalue weighted by molar-refractivity contribution is 5.69. The Hall–Kier alpha value is -2.04. The predicted octanol–water partition coefficient (Wildman–Crippen LogP) is 1.40. The standard InChI is InChI=1S/C10H9NO4/c12-9(13)5-6-11-10-14-7-3-1-2-4-8(7)15-10/h1-4H,5-6H2,(H,12,13). The van der Waals surface area contributed by atoms with Gasteiger partial charge in [-0.3, -0.25) is 4.79 Å². The number of aliphatic carboxylic acids is 1. The summed E-state index contributed by atoms with van der Waals surface area (Å²) < 4.78 is 10.4. The number of para-hydroxylation sites is 2. The number of carbonyl (C=O) groups is 1. The second-order valence-electron chi connectivity index (χ2n) is 2.94. The Morgan fingerprint density at radius 3 is 2.40 bits per heavy atom. The third kappa shape index (κ3) is 2.25. The minimum Gasteiger partial charge on any atom is -0.481 e. The van der Waals surface area contributed by atoms with Crippen LogP contribution in [0.25, 0.3) is 11.2 Å². The molecule has 0 amide bonds. The molecule has 1 N–H and O–H groups in total. The van der Waals surface area contributed by atoms with E-state index in [4.69, 9.17) is 13.9 Å². The first-order chi connectivity index (χ1) is 7.25. The zero-order valence-electron chi connectivity index (χ0n) is 7.84. The molecular weight excluding hydrogens is 198 g/mol. The Morgan fingerprint density at radius 1 is 1.27 bits per heavy atom. The number of hydrogen-bond acceptors (Lipinski definition) is 4. The average molecular weight is 207 g/mol. The van der Waals surface area contributed by atoms with Gasteiger partial charge in [-0.1, -0.05) is 12.1 Å². The molecule has 5 nitrogen and oxygen atoms in total. The molecule has 1 aromatic heterocycles. The fourth-order valence-corrected chi connectivity index (χ4v) is 1.14. The number of benzene rings is 1. The summed E-state index contributed by atoms with van der Waals surface area (Å²) in [5.41, 5.74) is 1.21. The number of nitrogens with zero attached hydrogens (tertiary/aromatic N) is 1. The van der Waals surface area contributed by atoms with E-state index in [2.05, 4.69) is 4.99 Å². The van der Waals surface area contributed by atoms with Crippen molar-refractivity contribution in [1.82, 2.24) is 0 Å². The highest BCUT2D eigenvalue weighted by Crippen LogP contribution is 2.09. The molecule has 0 aliphatic heterocycles. The number of fused-ring (bicyclic) bond motifs is 1. The summed E-state index contributed by atoms with van der Waals surface area (Å²) in [6.07, 6.45) is -0.0352. The Labute approximate surface area is 84.7 Å². The lowest BCUT2D eigenvalue weighted by atomic mass is 10.3. The van der Waals surface area contributed by atoms with Crippen molar-refractivity contribution in [3.63, 3.8) is 0 Å². The second-order valence-corrected chi connectivity index (χ2v) is 2.94. The molecule has 78 valence electrons. The Morgan fingerprint density at radius 2 is 1.87 bits per heavy atom. The van der Waals surface area contributed by atoms with E-state index in [-0.39, 0.29) is 18.7 Å². The molecule has 0 aliphatic carbocycles. The minimum absolute atomic E-state index is 0.0352. The molecular formula is C10H9NO4. The van der Waals surface area contributed by atoms with Crippen LogP contribution in [0.2, 0.25) is 0 Å². The normalized spacial score (nSPS) is 10.4. The van der Waals surface area contributed by atoms with Crippen molar-refractivity contribution < 1.29 is 18.7 Å². The zero-order chi connectivity index (χ0) is 10.7. The van der Waals surface area contributed by atoms with Crippen molar-refractivity contribution in [3.05, 3.63) is 30.0 Å². The lowest BCUT2D eigenvalue weighted by Crippen LogP contribution is -2.01. The lowest BCUT2D eigenvalue weighted by molar-refractivity contribution is -0.136. The van der Waals surface area contributed by atoms with E-state index >= 15 is 0 Å². The van der Waals surface area contributed by atoms with Crippen LogP contribution in [0, 0.1) is 0 Å². The maximum atomic E-state index is 10.2. The predicted molar refractivity (Wildman–Crippen MR) is 51.2 cm³/mol. The van der Waals surface area contributed by atoms with Gasteiger partial charge < -0.3 is 13.9 Å². The van der Waals surface area contributed by atoms with Crippen LogP contribution in [0.15, 0.2) is 38.1 Å². The van der Waals surface area contributed by atoms with E-state index in [9.17, 15) is 4.79 Å². The van der Waals surface area contributed by atoms with Crippen LogP contribution < -0.4 is 5.75 Å². The van der Waals surface area contributed by atoms with E-state index in [0.717, 1.165) is 0 Å². The molecule has 0 atom stereocenters. The van der Waals surface area contributed by atoms with Crippen LogP contribution in [0.4, 0.5) is 0 Å². The van der Waals surface area contributed by atoms with Crippen molar-refractivity contribution in [3.8, 4) is 0 Å². The largest absolute Gasteiger partial charge is 0.481 e. The zero-order valence-corrected chi connectivity index (χ0v) is 7.84. The highest BCUT2D eigenvalue weighted by atomic mass is 16.5. The molecule has 0 spiro atoms. The smallest absolute Gasteiger partial charge is 0.395 e. The van der Waals surface area contributed by atoms with E-state index in [1.807, 2.05) is 12.1 Å². The van der Waals surface area contributed by atoms with Gasteiger partial charge in [-0.2, -0.15) is 0 Å². The molecule has 5 heteroatoms. The van der Waals surface area contributed by atoms with Crippen molar-refractivity contribution in [2.75, 3.05) is 6.54 Å². The molecule has 0 radical (unpaired) electrons. The van der Waals surface area contributed by atoms with Crippen molar-refractivity contribution in [2.24, 2.45) is 4.99 Å². The molecule has 0 fully saturated rings. The Balaban J connectivity index is 2.24. The maximum Gasteiger partial charge on any atom is 0.395 e. The molecule has 0 unspecified atom stereocenters. The van der Waals surface area contributed by atoms with Gasteiger partial charge >= 0.3 is 11.7 Å². The molecule has 2 rings (SSSR count). The summed E-state index contributed by atoms with van der Waals surface area (Å²) in [5.74, 6) is -0.785. The molecule has 2 aromatic rings. The summed E-state index contributed by atoms with van der Waals surface area (Å²) in [5, 5.41) is 8.41. The first-order valence-electron chi connectivity index (χ1n) is 4.46. The van der Waals surface area contributed by atoms with Crippen LogP contribution in [0.1, 0.15) is 6.42 Å². The van der Waals surface area contributed by atoms with Gasteiger partial charge in [0, 0.05) is 0 Å². The van der Waals surface area contributed by atoms with Crippen molar-refractivity contribution in [2.45, 2.75) is 6.42 Å². The summed E-state index contributed by atoms with van der Waals surface area (Å²) in [4.78, 5) is 14.1. The quantitative estimate of drug-likeness (QED) is 0.825. The lowest BCUT2D eigenvalue weighted by Gasteiger charge is -1.83. The van der Waals surface area contributed by atoms with Crippen LogP contribution in [0.5, 0.6) is 0 Å². The first kappa shape index (κ1) is 9.51. The van der Waals surface area contributed by atoms with Gasteiger partial charge in [0.15, 0.2) is 11.2 Å². The molecule has 0 saturated carbocycles. The third-order valence-electron chi connectivity index (χ3n) is 1.81. The van der Waals surface area contributed by atoms with Gasteiger partial charge in [0.2, 0.25) is 0 Å². The summed E-state index contributed by atoms with van der Waals surface area (Å²) in [6, 6.07) is 7.16. The SMILES string of the molecule is O=C(O)CCN=c1oc2ccccc2o1. The van der Waals surface area contributed by atoms with E-state index in [0.29, 0.717) is 11.2 Å². The third-order valence-corrected chi connectivity index (χ3v) is 1.81. The molecule has 1 heterocycles. The van der Waals surface area contributed by atoms with Crippen LogP contribution in [0.3, 0.4) is 0 Å². The number of hydrogen-bond donors (Lipinski definition) is 1. The monoisotopic (exact) mass is 207 g/mol. The van der Waals surface area contributed by atoms with Gasteiger partial charge in [-0.25, -0.2) is 4.99 Å². The molecule has 0 saturated heterocycles. The number of carboxylic acids is 1. The second kappa shape index (κ2) is 4.00. The number of carboxylic acid groups (broad SMARTS) is 1. The molecule has 0 aliphatic rings. The fraction of sp³-hybridized carbons (Fsp3) is 0.200. The maximum absolute atomic E-state index is 10.2. The van der Waals surface area contributed by atoms with Crippen LogP contribution in [-0.4, -0.2) is 17.6 Å².